The third kappa shape index (κ3) is 3.08. The standard InChI is InChI=1S/C12H12Cl2N2S/c13-10-4-3-9(5-11(10)14)17-7-12(16,6-15)8-1-2-8/h3-5,8H,1-2,7,16H2. The molecule has 1 fully saturated rings. The van der Waals surface area contributed by atoms with Crippen molar-refractivity contribution in [2.24, 2.45) is 11.7 Å². The monoisotopic (exact) mass is 286 g/mol. The molecule has 2 nitrogen and oxygen atoms in total. The Bertz CT molecular complexity index is 468. The van der Waals surface area contributed by atoms with Gasteiger partial charge in [0, 0.05) is 10.6 Å². The molecule has 0 amide bonds. The molecule has 0 saturated heterocycles. The first kappa shape index (κ1) is 13.0. The molecule has 2 N–H and O–H groups in total. The maximum absolute atomic E-state index is 9.14. The zero-order chi connectivity index (χ0) is 12.5. The van der Waals surface area contributed by atoms with Gasteiger partial charge in [0.25, 0.3) is 0 Å². The maximum Gasteiger partial charge on any atom is 0.116 e. The highest BCUT2D eigenvalue weighted by Gasteiger charge is 2.42. The lowest BCUT2D eigenvalue weighted by Crippen LogP contribution is -2.43. The Morgan fingerprint density at radius 2 is 2.12 bits per heavy atom. The molecule has 1 aliphatic carbocycles. The van der Waals surface area contributed by atoms with Gasteiger partial charge >= 0.3 is 0 Å². The van der Waals surface area contributed by atoms with Crippen molar-refractivity contribution in [1.29, 1.82) is 5.26 Å². The average Bonchev–Trinajstić information content (AvgIpc) is 3.14. The zero-order valence-corrected chi connectivity index (χ0v) is 11.4. The molecule has 2 rings (SSSR count). The van der Waals surface area contributed by atoms with Gasteiger partial charge in [-0.15, -0.1) is 11.8 Å². The number of rotatable bonds is 4. The van der Waals surface area contributed by atoms with Gasteiger partial charge in [-0.2, -0.15) is 5.26 Å². The van der Waals surface area contributed by atoms with Crippen molar-refractivity contribution in [2.75, 3.05) is 5.75 Å². The van der Waals surface area contributed by atoms with Crippen LogP contribution < -0.4 is 5.73 Å². The third-order valence-electron chi connectivity index (χ3n) is 2.88. The molecule has 5 heteroatoms. The summed E-state index contributed by atoms with van der Waals surface area (Å²) in [5.74, 6) is 0.939. The van der Waals surface area contributed by atoms with Crippen LogP contribution >= 0.6 is 35.0 Å². The molecule has 1 aromatic rings. The van der Waals surface area contributed by atoms with Gasteiger partial charge in [0.2, 0.25) is 0 Å². The van der Waals surface area contributed by atoms with Gasteiger partial charge in [-0.3, -0.25) is 0 Å². The molecule has 0 aliphatic heterocycles. The van der Waals surface area contributed by atoms with E-state index in [0.717, 1.165) is 17.7 Å². The van der Waals surface area contributed by atoms with Crippen molar-refractivity contribution in [2.45, 2.75) is 23.3 Å². The first-order valence-corrected chi connectivity index (χ1v) is 7.07. The van der Waals surface area contributed by atoms with E-state index in [9.17, 15) is 0 Å². The average molecular weight is 287 g/mol. The lowest BCUT2D eigenvalue weighted by Gasteiger charge is -2.20. The molecule has 1 atom stereocenters. The van der Waals surface area contributed by atoms with E-state index in [1.807, 2.05) is 6.07 Å². The number of thioether (sulfide) groups is 1. The largest absolute Gasteiger partial charge is 0.312 e. The van der Waals surface area contributed by atoms with Crippen LogP contribution in [0.1, 0.15) is 12.8 Å². The van der Waals surface area contributed by atoms with Crippen LogP contribution in [0.2, 0.25) is 10.0 Å². The highest BCUT2D eigenvalue weighted by atomic mass is 35.5. The van der Waals surface area contributed by atoms with Crippen LogP contribution in [-0.2, 0) is 0 Å². The summed E-state index contributed by atoms with van der Waals surface area (Å²) in [5, 5.41) is 10.2. The number of hydrogen-bond acceptors (Lipinski definition) is 3. The van der Waals surface area contributed by atoms with Crippen LogP contribution in [0.15, 0.2) is 23.1 Å². The fourth-order valence-corrected chi connectivity index (χ4v) is 3.04. The van der Waals surface area contributed by atoms with Crippen molar-refractivity contribution < 1.29 is 0 Å². The fraction of sp³-hybridized carbons (Fsp3) is 0.417. The summed E-state index contributed by atoms with van der Waals surface area (Å²) in [7, 11) is 0. The fourth-order valence-electron chi connectivity index (χ4n) is 1.61. The van der Waals surface area contributed by atoms with Crippen LogP contribution in [0.25, 0.3) is 0 Å². The molecule has 1 unspecified atom stereocenters. The first-order chi connectivity index (χ1) is 8.05. The number of nitrogens with two attached hydrogens (primary N) is 1. The lowest BCUT2D eigenvalue weighted by atomic mass is 10.00. The molecule has 1 aliphatic rings. The Labute approximate surface area is 115 Å². The summed E-state index contributed by atoms with van der Waals surface area (Å²) >= 11 is 13.3. The Morgan fingerprint density at radius 3 is 2.65 bits per heavy atom. The SMILES string of the molecule is N#CC(N)(CSc1ccc(Cl)c(Cl)c1)C1CC1. The number of halogens is 2. The van der Waals surface area contributed by atoms with Gasteiger partial charge in [-0.05, 0) is 37.0 Å². The van der Waals surface area contributed by atoms with Crippen molar-refractivity contribution in [3.05, 3.63) is 28.2 Å². The minimum absolute atomic E-state index is 0.350. The van der Waals surface area contributed by atoms with Crippen molar-refractivity contribution >= 4 is 35.0 Å². The van der Waals surface area contributed by atoms with Gasteiger partial charge in [0.05, 0.1) is 16.1 Å². The Hall–Kier alpha value is -0.400. The summed E-state index contributed by atoms with van der Waals surface area (Å²) in [6.45, 7) is 0. The summed E-state index contributed by atoms with van der Waals surface area (Å²) in [6.07, 6.45) is 2.12. The molecular weight excluding hydrogens is 275 g/mol. The van der Waals surface area contributed by atoms with E-state index in [0.29, 0.717) is 21.7 Å². The van der Waals surface area contributed by atoms with Gasteiger partial charge in [0.1, 0.15) is 5.54 Å². The second-order valence-corrected chi connectivity index (χ2v) is 6.15. The van der Waals surface area contributed by atoms with Gasteiger partial charge in [-0.25, -0.2) is 0 Å². The van der Waals surface area contributed by atoms with Crippen LogP contribution in [0, 0.1) is 17.2 Å². The van der Waals surface area contributed by atoms with E-state index in [1.54, 1.807) is 23.9 Å². The summed E-state index contributed by atoms with van der Waals surface area (Å²) in [6, 6.07) is 7.69. The predicted molar refractivity (Wildman–Crippen MR) is 72.4 cm³/mol. The van der Waals surface area contributed by atoms with Crippen LogP contribution in [0.3, 0.4) is 0 Å². The third-order valence-corrected chi connectivity index (χ3v) is 4.83. The van der Waals surface area contributed by atoms with Crippen molar-refractivity contribution in [1.82, 2.24) is 0 Å². The minimum atomic E-state index is -0.712. The second kappa shape index (κ2) is 5.07. The highest BCUT2D eigenvalue weighted by Crippen LogP contribution is 2.41. The lowest BCUT2D eigenvalue weighted by molar-refractivity contribution is 0.532. The van der Waals surface area contributed by atoms with Crippen LogP contribution in [-0.4, -0.2) is 11.3 Å². The maximum atomic E-state index is 9.14. The predicted octanol–water partition coefficient (Wildman–Crippen LogP) is 3.72. The van der Waals surface area contributed by atoms with Crippen LogP contribution in [0.5, 0.6) is 0 Å². The summed E-state index contributed by atoms with van der Waals surface area (Å²) in [4.78, 5) is 0.991. The number of nitrogens with zero attached hydrogens (tertiary/aromatic N) is 1. The van der Waals surface area contributed by atoms with Gasteiger partial charge in [-0.1, -0.05) is 23.2 Å². The molecule has 90 valence electrons. The number of nitriles is 1. The molecule has 1 aromatic carbocycles. The van der Waals surface area contributed by atoms with E-state index in [1.165, 1.54) is 0 Å². The Balaban J connectivity index is 2.02. The molecule has 0 radical (unpaired) electrons. The molecule has 0 bridgehead atoms. The highest BCUT2D eigenvalue weighted by molar-refractivity contribution is 7.99. The van der Waals surface area contributed by atoms with Gasteiger partial charge < -0.3 is 5.73 Å². The number of benzene rings is 1. The molecule has 0 aromatic heterocycles. The quantitative estimate of drug-likeness (QED) is 0.859. The normalized spacial score (nSPS) is 18.5. The summed E-state index contributed by atoms with van der Waals surface area (Å²) in [5.41, 5.74) is 5.37. The molecule has 1 saturated carbocycles. The van der Waals surface area contributed by atoms with E-state index >= 15 is 0 Å². The Kier molecular flexibility index (Phi) is 3.89. The number of hydrogen-bond donors (Lipinski definition) is 1. The smallest absolute Gasteiger partial charge is 0.116 e. The van der Waals surface area contributed by atoms with Crippen molar-refractivity contribution in [3.63, 3.8) is 0 Å². The minimum Gasteiger partial charge on any atom is -0.312 e. The van der Waals surface area contributed by atoms with Crippen molar-refractivity contribution in [3.8, 4) is 6.07 Å². The topological polar surface area (TPSA) is 49.8 Å². The summed E-state index contributed by atoms with van der Waals surface area (Å²) < 4.78 is 0. The van der Waals surface area contributed by atoms with E-state index in [4.69, 9.17) is 34.2 Å². The van der Waals surface area contributed by atoms with Gasteiger partial charge in [0.15, 0.2) is 0 Å². The molecule has 0 spiro atoms. The van der Waals surface area contributed by atoms with E-state index in [2.05, 4.69) is 6.07 Å². The van der Waals surface area contributed by atoms with E-state index < -0.39 is 5.54 Å². The van der Waals surface area contributed by atoms with E-state index in [-0.39, 0.29) is 0 Å². The first-order valence-electron chi connectivity index (χ1n) is 5.33. The second-order valence-electron chi connectivity index (χ2n) is 4.29. The molecular formula is C12H12Cl2N2S. The zero-order valence-electron chi connectivity index (χ0n) is 9.12. The molecule has 0 heterocycles. The molecule has 17 heavy (non-hydrogen) atoms. The van der Waals surface area contributed by atoms with Crippen LogP contribution in [0.4, 0.5) is 0 Å². The Morgan fingerprint density at radius 1 is 1.41 bits per heavy atom.